The van der Waals surface area contributed by atoms with Crippen molar-refractivity contribution in [3.05, 3.63) is 63.4 Å². The molecule has 1 heterocycles. The Balaban J connectivity index is 2.01. The van der Waals surface area contributed by atoms with Crippen LogP contribution in [-0.2, 0) is 6.42 Å². The molecule has 1 aliphatic rings. The average molecular weight is 350 g/mol. The van der Waals surface area contributed by atoms with Crippen LogP contribution in [0, 0.1) is 5.82 Å². The molecule has 1 N–H and O–H groups in total. The van der Waals surface area contributed by atoms with E-state index >= 15 is 0 Å². The minimum absolute atomic E-state index is 0.0534. The van der Waals surface area contributed by atoms with Crippen LogP contribution >= 0.6 is 15.9 Å². The molecule has 2 nitrogen and oxygen atoms in total. The number of aryl methyl sites for hydroxylation is 1. The molecule has 2 aromatic rings. The second kappa shape index (κ2) is 6.16. The van der Waals surface area contributed by atoms with Crippen molar-refractivity contribution < 1.29 is 9.13 Å². The lowest BCUT2D eigenvalue weighted by Crippen LogP contribution is -2.19. The summed E-state index contributed by atoms with van der Waals surface area (Å²) in [5.41, 5.74) is 3.24. The smallest absolute Gasteiger partial charge is 0.123 e. The van der Waals surface area contributed by atoms with Gasteiger partial charge in [-0.1, -0.05) is 28.1 Å². The molecule has 0 aromatic heterocycles. The normalized spacial score (nSPS) is 15.2. The van der Waals surface area contributed by atoms with Crippen molar-refractivity contribution in [1.82, 2.24) is 5.32 Å². The second-order valence-electron chi connectivity index (χ2n) is 5.21. The van der Waals surface area contributed by atoms with Gasteiger partial charge in [0.25, 0.3) is 0 Å². The average Bonchev–Trinajstić information content (AvgIpc) is 2.51. The zero-order valence-corrected chi connectivity index (χ0v) is 13.4. The van der Waals surface area contributed by atoms with Crippen molar-refractivity contribution >= 4 is 15.9 Å². The fourth-order valence-corrected chi connectivity index (χ4v) is 3.27. The monoisotopic (exact) mass is 349 g/mol. The van der Waals surface area contributed by atoms with Gasteiger partial charge in [0.2, 0.25) is 0 Å². The number of hydrogen-bond donors (Lipinski definition) is 1. The highest BCUT2D eigenvalue weighted by molar-refractivity contribution is 9.10. The van der Waals surface area contributed by atoms with Crippen molar-refractivity contribution in [2.24, 2.45) is 0 Å². The third kappa shape index (κ3) is 2.97. The Kier molecular flexibility index (Phi) is 4.27. The molecule has 0 aliphatic carbocycles. The van der Waals surface area contributed by atoms with Gasteiger partial charge in [0.15, 0.2) is 0 Å². The fourth-order valence-electron chi connectivity index (χ4n) is 2.80. The largest absolute Gasteiger partial charge is 0.493 e. The maximum absolute atomic E-state index is 13.6. The summed E-state index contributed by atoms with van der Waals surface area (Å²) < 4.78 is 20.1. The van der Waals surface area contributed by atoms with Crippen LogP contribution in [0.25, 0.3) is 0 Å². The SMILES string of the molecule is CNC(c1ccc2c(c1)CCCO2)c1cc(F)ccc1Br. The van der Waals surface area contributed by atoms with E-state index in [0.29, 0.717) is 0 Å². The summed E-state index contributed by atoms with van der Waals surface area (Å²) in [7, 11) is 1.89. The summed E-state index contributed by atoms with van der Waals surface area (Å²) in [6.45, 7) is 0.789. The summed E-state index contributed by atoms with van der Waals surface area (Å²) in [5.74, 6) is 0.743. The quantitative estimate of drug-likeness (QED) is 0.895. The van der Waals surface area contributed by atoms with Crippen LogP contribution in [0.15, 0.2) is 40.9 Å². The van der Waals surface area contributed by atoms with Crippen LogP contribution in [-0.4, -0.2) is 13.7 Å². The number of rotatable bonds is 3. The maximum atomic E-state index is 13.6. The first kappa shape index (κ1) is 14.5. The molecular weight excluding hydrogens is 333 g/mol. The van der Waals surface area contributed by atoms with Crippen molar-refractivity contribution in [2.75, 3.05) is 13.7 Å². The number of ether oxygens (including phenoxy) is 1. The van der Waals surface area contributed by atoms with Gasteiger partial charge >= 0.3 is 0 Å². The molecule has 1 atom stereocenters. The first-order valence-corrected chi connectivity index (χ1v) is 7.86. The van der Waals surface area contributed by atoms with E-state index in [1.807, 2.05) is 19.2 Å². The molecule has 4 heteroatoms. The van der Waals surface area contributed by atoms with Crippen LogP contribution in [0.3, 0.4) is 0 Å². The fraction of sp³-hybridized carbons (Fsp3) is 0.294. The highest BCUT2D eigenvalue weighted by Gasteiger charge is 2.18. The Morgan fingerprint density at radius 1 is 1.24 bits per heavy atom. The van der Waals surface area contributed by atoms with Gasteiger partial charge in [0, 0.05) is 4.47 Å². The minimum atomic E-state index is -0.227. The standard InChI is InChI=1S/C17H17BrFNO/c1-20-17(14-10-13(19)5-6-15(14)18)12-4-7-16-11(9-12)3-2-8-21-16/h4-7,9-10,17,20H,2-3,8H2,1H3. The van der Waals surface area contributed by atoms with Gasteiger partial charge in [-0.15, -0.1) is 0 Å². The molecule has 0 bridgehead atoms. The number of benzene rings is 2. The molecule has 110 valence electrons. The molecular formula is C17H17BrFNO. The van der Waals surface area contributed by atoms with Crippen molar-refractivity contribution in [3.8, 4) is 5.75 Å². The maximum Gasteiger partial charge on any atom is 0.123 e. The summed E-state index contributed by atoms with van der Waals surface area (Å²) in [4.78, 5) is 0. The van der Waals surface area contributed by atoms with E-state index in [1.165, 1.54) is 11.6 Å². The van der Waals surface area contributed by atoms with E-state index in [9.17, 15) is 4.39 Å². The molecule has 0 saturated carbocycles. The van der Waals surface area contributed by atoms with Crippen LogP contribution in [0.1, 0.15) is 29.2 Å². The van der Waals surface area contributed by atoms with Gasteiger partial charge in [-0.25, -0.2) is 4.39 Å². The summed E-state index contributed by atoms with van der Waals surface area (Å²) >= 11 is 3.51. The molecule has 3 rings (SSSR count). The third-order valence-electron chi connectivity index (χ3n) is 3.82. The molecule has 0 amide bonds. The van der Waals surface area contributed by atoms with E-state index in [4.69, 9.17) is 4.74 Å². The van der Waals surface area contributed by atoms with E-state index in [2.05, 4.69) is 27.3 Å². The third-order valence-corrected chi connectivity index (χ3v) is 4.55. The van der Waals surface area contributed by atoms with Crippen LogP contribution in [0.2, 0.25) is 0 Å². The summed E-state index contributed by atoms with van der Waals surface area (Å²) in [6.07, 6.45) is 2.08. The number of hydrogen-bond acceptors (Lipinski definition) is 2. The highest BCUT2D eigenvalue weighted by Crippen LogP contribution is 2.33. The molecule has 0 spiro atoms. The molecule has 1 unspecified atom stereocenters. The van der Waals surface area contributed by atoms with Gasteiger partial charge in [-0.05, 0) is 60.8 Å². The van der Waals surface area contributed by atoms with E-state index in [0.717, 1.165) is 40.8 Å². The Morgan fingerprint density at radius 2 is 2.10 bits per heavy atom. The van der Waals surface area contributed by atoms with Crippen molar-refractivity contribution in [2.45, 2.75) is 18.9 Å². The van der Waals surface area contributed by atoms with Gasteiger partial charge in [-0.3, -0.25) is 0 Å². The van der Waals surface area contributed by atoms with Crippen LogP contribution < -0.4 is 10.1 Å². The molecule has 0 radical (unpaired) electrons. The Morgan fingerprint density at radius 3 is 2.90 bits per heavy atom. The van der Waals surface area contributed by atoms with Crippen molar-refractivity contribution in [3.63, 3.8) is 0 Å². The van der Waals surface area contributed by atoms with Crippen molar-refractivity contribution in [1.29, 1.82) is 0 Å². The minimum Gasteiger partial charge on any atom is -0.493 e. The zero-order chi connectivity index (χ0) is 14.8. The van der Waals surface area contributed by atoms with E-state index < -0.39 is 0 Å². The first-order valence-electron chi connectivity index (χ1n) is 7.07. The first-order chi connectivity index (χ1) is 10.2. The molecule has 0 fully saturated rings. The van der Waals surface area contributed by atoms with Gasteiger partial charge in [0.05, 0.1) is 12.6 Å². The molecule has 21 heavy (non-hydrogen) atoms. The number of fused-ring (bicyclic) bond motifs is 1. The zero-order valence-electron chi connectivity index (χ0n) is 11.8. The predicted molar refractivity (Wildman–Crippen MR) is 85.3 cm³/mol. The lowest BCUT2D eigenvalue weighted by atomic mass is 9.95. The Labute approximate surface area is 132 Å². The van der Waals surface area contributed by atoms with Crippen LogP contribution in [0.5, 0.6) is 5.75 Å². The highest BCUT2D eigenvalue weighted by atomic mass is 79.9. The molecule has 0 saturated heterocycles. The topological polar surface area (TPSA) is 21.3 Å². The summed E-state index contributed by atoms with van der Waals surface area (Å²) in [6, 6.07) is 10.9. The number of halogens is 2. The number of nitrogens with one attached hydrogen (secondary N) is 1. The lowest BCUT2D eigenvalue weighted by Gasteiger charge is -2.22. The van der Waals surface area contributed by atoms with Crippen LogP contribution in [0.4, 0.5) is 4.39 Å². The lowest BCUT2D eigenvalue weighted by molar-refractivity contribution is 0.288. The summed E-state index contributed by atoms with van der Waals surface area (Å²) in [5, 5.41) is 3.27. The molecule has 1 aliphatic heterocycles. The predicted octanol–water partition coefficient (Wildman–Crippen LogP) is 4.22. The molecule has 2 aromatic carbocycles. The Bertz CT molecular complexity index is 659. The van der Waals surface area contributed by atoms with Gasteiger partial charge < -0.3 is 10.1 Å². The Hall–Kier alpha value is -1.39. The second-order valence-corrected chi connectivity index (χ2v) is 6.06. The van der Waals surface area contributed by atoms with Gasteiger partial charge in [0.1, 0.15) is 11.6 Å². The van der Waals surface area contributed by atoms with Gasteiger partial charge in [-0.2, -0.15) is 0 Å². The van der Waals surface area contributed by atoms with E-state index in [1.54, 1.807) is 12.1 Å². The van der Waals surface area contributed by atoms with E-state index in [-0.39, 0.29) is 11.9 Å².